The van der Waals surface area contributed by atoms with Gasteiger partial charge in [0.1, 0.15) is 0 Å². The summed E-state index contributed by atoms with van der Waals surface area (Å²) in [5, 5.41) is 0. The lowest BCUT2D eigenvalue weighted by Gasteiger charge is -2.05. The van der Waals surface area contributed by atoms with Gasteiger partial charge >= 0.3 is 0 Å². The van der Waals surface area contributed by atoms with E-state index in [2.05, 4.69) is 31.4 Å². The molecule has 0 unspecified atom stereocenters. The van der Waals surface area contributed by atoms with Gasteiger partial charge in [-0.15, -0.1) is 0 Å². The number of hydrogen-bond acceptors (Lipinski definition) is 2. The Morgan fingerprint density at radius 1 is 1.45 bits per heavy atom. The molecule has 0 atom stereocenters. The number of nitrogen functional groups attached to an aromatic ring is 1. The van der Waals surface area contributed by atoms with Crippen LogP contribution in [-0.2, 0) is 6.42 Å². The van der Waals surface area contributed by atoms with Gasteiger partial charge in [0.25, 0.3) is 0 Å². The molecule has 11 heavy (non-hydrogen) atoms. The summed E-state index contributed by atoms with van der Waals surface area (Å²) in [7, 11) is 0. The van der Waals surface area contributed by atoms with Crippen molar-refractivity contribution in [2.24, 2.45) is 5.84 Å². The van der Waals surface area contributed by atoms with Crippen LogP contribution in [0.1, 0.15) is 18.1 Å². The molecule has 2 heteroatoms. The first-order chi connectivity index (χ1) is 5.27. The quantitative estimate of drug-likeness (QED) is 0.498. The molecule has 1 rings (SSSR count). The van der Waals surface area contributed by atoms with Crippen molar-refractivity contribution >= 4 is 5.69 Å². The van der Waals surface area contributed by atoms with Gasteiger partial charge in [-0.2, -0.15) is 0 Å². The van der Waals surface area contributed by atoms with E-state index in [-0.39, 0.29) is 0 Å². The molecule has 0 aromatic heterocycles. The zero-order valence-corrected chi connectivity index (χ0v) is 7.02. The van der Waals surface area contributed by atoms with Crippen molar-refractivity contribution in [1.29, 1.82) is 0 Å². The Balaban J connectivity index is 2.99. The fraction of sp³-hybridized carbons (Fsp3) is 0.333. The molecule has 0 aliphatic carbocycles. The van der Waals surface area contributed by atoms with Gasteiger partial charge in [0.15, 0.2) is 0 Å². The predicted molar refractivity (Wildman–Crippen MR) is 48.4 cm³/mol. The highest BCUT2D eigenvalue weighted by Crippen LogP contribution is 2.14. The maximum absolute atomic E-state index is 5.26. The minimum Gasteiger partial charge on any atom is -0.324 e. The van der Waals surface area contributed by atoms with E-state index in [1.807, 2.05) is 6.07 Å². The highest BCUT2D eigenvalue weighted by atomic mass is 15.2. The van der Waals surface area contributed by atoms with E-state index in [0.29, 0.717) is 0 Å². The summed E-state index contributed by atoms with van der Waals surface area (Å²) in [5.74, 6) is 5.26. The van der Waals surface area contributed by atoms with Crippen LogP contribution in [-0.4, -0.2) is 0 Å². The average molecular weight is 150 g/mol. The number of aryl methyl sites for hydroxylation is 2. The molecular formula is C9H14N2. The van der Waals surface area contributed by atoms with Gasteiger partial charge in [-0.1, -0.05) is 13.0 Å². The molecule has 0 saturated heterocycles. The van der Waals surface area contributed by atoms with E-state index in [1.165, 1.54) is 11.1 Å². The van der Waals surface area contributed by atoms with Crippen molar-refractivity contribution in [3.63, 3.8) is 0 Å². The normalized spacial score (nSPS) is 9.73. The minimum atomic E-state index is 0.972. The third-order valence-corrected chi connectivity index (χ3v) is 1.89. The molecule has 60 valence electrons. The van der Waals surface area contributed by atoms with Crippen LogP contribution in [0.5, 0.6) is 0 Å². The molecule has 1 aromatic rings. The number of nitrogens with one attached hydrogen (secondary N) is 1. The summed E-state index contributed by atoms with van der Waals surface area (Å²) in [5.41, 5.74) is 6.26. The summed E-state index contributed by atoms with van der Waals surface area (Å²) in [6, 6.07) is 6.15. The lowest BCUT2D eigenvalue weighted by molar-refractivity contribution is 1.11. The number of rotatable bonds is 2. The second kappa shape index (κ2) is 3.39. The van der Waals surface area contributed by atoms with Gasteiger partial charge in [0, 0.05) is 5.69 Å². The SMILES string of the molecule is CCc1ccc(NN)cc1C. The van der Waals surface area contributed by atoms with Crippen LogP contribution in [0.2, 0.25) is 0 Å². The summed E-state index contributed by atoms with van der Waals surface area (Å²) >= 11 is 0. The lowest BCUT2D eigenvalue weighted by Crippen LogP contribution is -2.06. The zero-order chi connectivity index (χ0) is 8.27. The Morgan fingerprint density at radius 3 is 2.64 bits per heavy atom. The van der Waals surface area contributed by atoms with Crippen molar-refractivity contribution in [2.45, 2.75) is 20.3 Å². The largest absolute Gasteiger partial charge is 0.324 e. The van der Waals surface area contributed by atoms with Crippen LogP contribution in [0.4, 0.5) is 5.69 Å². The van der Waals surface area contributed by atoms with Crippen molar-refractivity contribution in [1.82, 2.24) is 0 Å². The Bertz CT molecular complexity index is 243. The molecule has 0 heterocycles. The van der Waals surface area contributed by atoms with Crippen molar-refractivity contribution in [2.75, 3.05) is 5.43 Å². The third-order valence-electron chi connectivity index (χ3n) is 1.89. The Kier molecular flexibility index (Phi) is 2.49. The molecule has 0 fully saturated rings. The predicted octanol–water partition coefficient (Wildman–Crippen LogP) is 1.84. The smallest absolute Gasteiger partial charge is 0.0487 e. The van der Waals surface area contributed by atoms with Crippen LogP contribution in [0, 0.1) is 6.92 Å². The summed E-state index contributed by atoms with van der Waals surface area (Å²) < 4.78 is 0. The fourth-order valence-electron chi connectivity index (χ4n) is 1.18. The van der Waals surface area contributed by atoms with Crippen LogP contribution < -0.4 is 11.3 Å². The number of benzene rings is 1. The number of anilines is 1. The van der Waals surface area contributed by atoms with Gasteiger partial charge in [0.2, 0.25) is 0 Å². The Labute approximate surface area is 67.4 Å². The molecule has 0 amide bonds. The average Bonchev–Trinajstić information content (AvgIpc) is 2.04. The number of nitrogens with two attached hydrogens (primary N) is 1. The van der Waals surface area contributed by atoms with E-state index >= 15 is 0 Å². The van der Waals surface area contributed by atoms with E-state index in [1.54, 1.807) is 0 Å². The molecule has 0 bridgehead atoms. The third kappa shape index (κ3) is 1.71. The monoisotopic (exact) mass is 150 g/mol. The standard InChI is InChI=1S/C9H14N2/c1-3-8-4-5-9(11-10)6-7(8)2/h4-6,11H,3,10H2,1-2H3. The second-order valence-electron chi connectivity index (χ2n) is 2.64. The van der Waals surface area contributed by atoms with E-state index in [0.717, 1.165) is 12.1 Å². The molecule has 0 spiro atoms. The molecule has 1 aromatic carbocycles. The highest BCUT2D eigenvalue weighted by Gasteiger charge is 1.95. The van der Waals surface area contributed by atoms with Gasteiger partial charge in [-0.05, 0) is 36.6 Å². The van der Waals surface area contributed by atoms with Crippen molar-refractivity contribution < 1.29 is 0 Å². The highest BCUT2D eigenvalue weighted by molar-refractivity contribution is 5.47. The molecule has 0 aliphatic heterocycles. The topological polar surface area (TPSA) is 38.0 Å². The van der Waals surface area contributed by atoms with Crippen LogP contribution >= 0.6 is 0 Å². The maximum atomic E-state index is 5.26. The first-order valence-corrected chi connectivity index (χ1v) is 3.84. The fourth-order valence-corrected chi connectivity index (χ4v) is 1.18. The van der Waals surface area contributed by atoms with Crippen LogP contribution in [0.15, 0.2) is 18.2 Å². The molecule has 3 N–H and O–H groups in total. The lowest BCUT2D eigenvalue weighted by atomic mass is 10.1. The first kappa shape index (κ1) is 8.08. The molecule has 2 nitrogen and oxygen atoms in total. The zero-order valence-electron chi connectivity index (χ0n) is 7.02. The Hall–Kier alpha value is -1.02. The van der Waals surface area contributed by atoms with Gasteiger partial charge in [-0.3, -0.25) is 5.84 Å². The van der Waals surface area contributed by atoms with Crippen LogP contribution in [0.25, 0.3) is 0 Å². The summed E-state index contributed by atoms with van der Waals surface area (Å²) in [6.07, 6.45) is 1.08. The maximum Gasteiger partial charge on any atom is 0.0487 e. The molecule has 0 saturated carbocycles. The van der Waals surface area contributed by atoms with Crippen LogP contribution in [0.3, 0.4) is 0 Å². The molecule has 0 aliphatic rings. The van der Waals surface area contributed by atoms with Crippen molar-refractivity contribution in [3.8, 4) is 0 Å². The van der Waals surface area contributed by atoms with Gasteiger partial charge in [-0.25, -0.2) is 0 Å². The minimum absolute atomic E-state index is 0.972. The number of hydrogen-bond donors (Lipinski definition) is 2. The van der Waals surface area contributed by atoms with Gasteiger partial charge < -0.3 is 5.43 Å². The molecular weight excluding hydrogens is 136 g/mol. The van der Waals surface area contributed by atoms with E-state index in [9.17, 15) is 0 Å². The summed E-state index contributed by atoms with van der Waals surface area (Å²) in [4.78, 5) is 0. The first-order valence-electron chi connectivity index (χ1n) is 3.84. The van der Waals surface area contributed by atoms with Crippen molar-refractivity contribution in [3.05, 3.63) is 29.3 Å². The Morgan fingerprint density at radius 2 is 2.18 bits per heavy atom. The number of hydrazine groups is 1. The van der Waals surface area contributed by atoms with Gasteiger partial charge in [0.05, 0.1) is 0 Å². The molecule has 0 radical (unpaired) electrons. The summed E-state index contributed by atoms with van der Waals surface area (Å²) in [6.45, 7) is 4.25. The van der Waals surface area contributed by atoms with E-state index < -0.39 is 0 Å². The second-order valence-corrected chi connectivity index (χ2v) is 2.64. The van der Waals surface area contributed by atoms with E-state index in [4.69, 9.17) is 5.84 Å².